The van der Waals surface area contributed by atoms with Crippen molar-refractivity contribution >= 4 is 17.2 Å². The minimum absolute atomic E-state index is 0.102. The molecule has 4 rings (SSSR count). The van der Waals surface area contributed by atoms with Crippen molar-refractivity contribution in [3.05, 3.63) is 42.4 Å². The van der Waals surface area contributed by atoms with Gasteiger partial charge in [0.05, 0.1) is 30.1 Å². The van der Waals surface area contributed by atoms with Gasteiger partial charge in [-0.15, -0.1) is 0 Å². The summed E-state index contributed by atoms with van der Waals surface area (Å²) in [6.07, 6.45) is 4.14. The van der Waals surface area contributed by atoms with E-state index in [2.05, 4.69) is 21.1 Å². The number of aliphatic hydroxyl groups excluding tert-OH is 1. The highest BCUT2D eigenvalue weighted by molar-refractivity contribution is 5.85. The summed E-state index contributed by atoms with van der Waals surface area (Å²) in [6.45, 7) is 8.51. The fraction of sp³-hybridized carbons (Fsp3) is 0.417. The molecule has 0 bridgehead atoms. The number of carbonyl (C=O) groups excluding carboxylic acids is 1. The lowest BCUT2D eigenvalue weighted by Crippen LogP contribution is -2.52. The molecule has 0 saturated carbocycles. The van der Waals surface area contributed by atoms with E-state index in [0.717, 1.165) is 16.9 Å². The number of aromatic nitrogens is 3. The maximum atomic E-state index is 12.4. The van der Waals surface area contributed by atoms with E-state index in [9.17, 15) is 15.2 Å². The number of pyridine rings is 2. The predicted octanol–water partition coefficient (Wildman–Crippen LogP) is 2.33. The van der Waals surface area contributed by atoms with Crippen LogP contribution in [0.5, 0.6) is 5.75 Å². The van der Waals surface area contributed by atoms with Gasteiger partial charge in [0.1, 0.15) is 23.7 Å². The zero-order chi connectivity index (χ0) is 23.5. The summed E-state index contributed by atoms with van der Waals surface area (Å²) in [5.41, 5.74) is 2.89. The van der Waals surface area contributed by atoms with Crippen LogP contribution in [-0.4, -0.2) is 69.4 Å². The third kappa shape index (κ3) is 4.47. The number of carbonyl (C=O) groups is 1. The zero-order valence-corrected chi connectivity index (χ0v) is 19.1. The van der Waals surface area contributed by atoms with Gasteiger partial charge in [-0.3, -0.25) is 4.79 Å². The zero-order valence-electron chi connectivity index (χ0n) is 19.1. The third-order valence-electron chi connectivity index (χ3n) is 5.88. The van der Waals surface area contributed by atoms with Crippen LogP contribution < -0.4 is 9.64 Å². The van der Waals surface area contributed by atoms with Crippen molar-refractivity contribution in [3.63, 3.8) is 0 Å². The van der Waals surface area contributed by atoms with Crippen molar-refractivity contribution in [1.82, 2.24) is 19.5 Å². The maximum Gasteiger partial charge on any atom is 0.251 e. The van der Waals surface area contributed by atoms with Crippen LogP contribution in [0.15, 0.2) is 36.8 Å². The molecule has 33 heavy (non-hydrogen) atoms. The second-order valence-electron chi connectivity index (χ2n) is 8.39. The number of amides is 1. The lowest BCUT2D eigenvalue weighted by molar-refractivity contribution is -0.142. The minimum Gasteiger partial charge on any atom is -0.492 e. The number of rotatable bonds is 6. The molecule has 0 spiro atoms. The van der Waals surface area contributed by atoms with Gasteiger partial charge in [0, 0.05) is 43.5 Å². The molecular formula is C24H28N6O3. The van der Waals surface area contributed by atoms with E-state index in [1.165, 1.54) is 0 Å². The molecule has 1 saturated heterocycles. The van der Waals surface area contributed by atoms with E-state index in [0.29, 0.717) is 49.6 Å². The van der Waals surface area contributed by atoms with E-state index in [1.807, 2.05) is 39.0 Å². The summed E-state index contributed by atoms with van der Waals surface area (Å²) < 4.78 is 7.34. The molecule has 1 fully saturated rings. The van der Waals surface area contributed by atoms with Crippen LogP contribution in [0.25, 0.3) is 16.6 Å². The second-order valence-corrected chi connectivity index (χ2v) is 8.39. The van der Waals surface area contributed by atoms with Gasteiger partial charge in [-0.1, -0.05) is 13.8 Å². The molecule has 1 amide bonds. The minimum atomic E-state index is -0.958. The van der Waals surface area contributed by atoms with Gasteiger partial charge in [-0.2, -0.15) is 10.4 Å². The number of piperazine rings is 1. The highest BCUT2D eigenvalue weighted by Gasteiger charge is 2.28. The molecule has 0 aliphatic carbocycles. The Hall–Kier alpha value is -3.64. The largest absolute Gasteiger partial charge is 0.492 e. The Morgan fingerprint density at radius 3 is 2.61 bits per heavy atom. The fourth-order valence-electron chi connectivity index (χ4n) is 4.01. The van der Waals surface area contributed by atoms with E-state index in [1.54, 1.807) is 28.0 Å². The number of aliphatic hydroxyl groups is 1. The molecule has 1 N–H and O–H groups in total. The number of hydrogen-bond donors (Lipinski definition) is 1. The van der Waals surface area contributed by atoms with Crippen molar-refractivity contribution in [2.75, 3.05) is 37.7 Å². The Kier molecular flexibility index (Phi) is 6.47. The predicted molar refractivity (Wildman–Crippen MR) is 124 cm³/mol. The number of anilines is 1. The van der Waals surface area contributed by atoms with Gasteiger partial charge < -0.3 is 19.6 Å². The maximum absolute atomic E-state index is 12.4. The van der Waals surface area contributed by atoms with E-state index in [4.69, 9.17) is 4.74 Å². The number of nitrogens with zero attached hydrogens (tertiary/aromatic N) is 6. The third-order valence-corrected chi connectivity index (χ3v) is 5.88. The van der Waals surface area contributed by atoms with E-state index >= 15 is 0 Å². The number of ether oxygens (including phenoxy) is 1. The molecule has 9 nitrogen and oxygen atoms in total. The Morgan fingerprint density at radius 1 is 1.24 bits per heavy atom. The molecule has 3 aromatic rings. The fourth-order valence-corrected chi connectivity index (χ4v) is 4.01. The van der Waals surface area contributed by atoms with Crippen molar-refractivity contribution in [2.24, 2.45) is 5.92 Å². The van der Waals surface area contributed by atoms with Crippen molar-refractivity contribution in [1.29, 1.82) is 5.26 Å². The van der Waals surface area contributed by atoms with E-state index in [-0.39, 0.29) is 11.8 Å². The topological polar surface area (TPSA) is 107 Å². The molecule has 1 aliphatic rings. The molecule has 9 heteroatoms. The molecular weight excluding hydrogens is 420 g/mol. The average molecular weight is 449 g/mol. The van der Waals surface area contributed by atoms with Gasteiger partial charge in [-0.05, 0) is 31.0 Å². The highest BCUT2D eigenvalue weighted by Crippen LogP contribution is 2.31. The average Bonchev–Trinajstić information content (AvgIpc) is 3.26. The van der Waals surface area contributed by atoms with Crippen LogP contribution in [0.1, 0.15) is 26.3 Å². The first-order chi connectivity index (χ1) is 15.9. The summed E-state index contributed by atoms with van der Waals surface area (Å²) in [5.74, 6) is 1.18. The monoisotopic (exact) mass is 448 g/mol. The lowest BCUT2D eigenvalue weighted by atomic mass is 10.0. The van der Waals surface area contributed by atoms with Crippen molar-refractivity contribution in [2.45, 2.75) is 26.9 Å². The summed E-state index contributed by atoms with van der Waals surface area (Å²) >= 11 is 0. The van der Waals surface area contributed by atoms with Gasteiger partial charge >= 0.3 is 0 Å². The standard InChI is InChI=1S/C24H28N6O3/c1-4-33-19-11-20(22-18(12-25)14-27-30(22)15-19)17-5-6-21(26-13-17)28-7-9-29(10-8-28)24(32)23(31)16(2)3/h5-6,11,13-16,23,31H,4,7-10H2,1-3H3. The number of fused-ring (bicyclic) bond motifs is 1. The summed E-state index contributed by atoms with van der Waals surface area (Å²) in [6, 6.07) is 8.03. The van der Waals surface area contributed by atoms with Crippen LogP contribution in [0, 0.1) is 17.2 Å². The van der Waals surface area contributed by atoms with Gasteiger partial charge in [0.25, 0.3) is 5.91 Å². The number of nitriles is 1. The van der Waals surface area contributed by atoms with Gasteiger partial charge in [0.15, 0.2) is 0 Å². The number of hydrogen-bond acceptors (Lipinski definition) is 7. The quantitative estimate of drug-likeness (QED) is 0.617. The van der Waals surface area contributed by atoms with Crippen molar-refractivity contribution < 1.29 is 14.6 Å². The molecule has 0 radical (unpaired) electrons. The van der Waals surface area contributed by atoms with E-state index < -0.39 is 6.10 Å². The van der Waals surface area contributed by atoms with Crippen LogP contribution in [-0.2, 0) is 4.79 Å². The van der Waals surface area contributed by atoms with Crippen molar-refractivity contribution in [3.8, 4) is 22.9 Å². The second kappa shape index (κ2) is 9.46. The first-order valence-corrected chi connectivity index (χ1v) is 11.2. The van der Waals surface area contributed by atoms with Gasteiger partial charge in [-0.25, -0.2) is 9.50 Å². The summed E-state index contributed by atoms with van der Waals surface area (Å²) in [4.78, 5) is 20.9. The van der Waals surface area contributed by atoms with Crippen LogP contribution >= 0.6 is 0 Å². The molecule has 172 valence electrons. The lowest BCUT2D eigenvalue weighted by Gasteiger charge is -2.36. The smallest absolute Gasteiger partial charge is 0.251 e. The SMILES string of the molecule is CCOc1cc(-c2ccc(N3CCN(C(=O)C(O)C(C)C)CC3)nc2)c2c(C#N)cnn2c1. The van der Waals surface area contributed by atoms with Gasteiger partial charge in [0.2, 0.25) is 0 Å². The van der Waals surface area contributed by atoms with Crippen LogP contribution in [0.2, 0.25) is 0 Å². The van der Waals surface area contributed by atoms with Crippen LogP contribution in [0.4, 0.5) is 5.82 Å². The molecule has 3 aromatic heterocycles. The first-order valence-electron chi connectivity index (χ1n) is 11.2. The molecule has 1 atom stereocenters. The highest BCUT2D eigenvalue weighted by atomic mass is 16.5. The summed E-state index contributed by atoms with van der Waals surface area (Å²) in [7, 11) is 0. The molecule has 0 aromatic carbocycles. The Balaban J connectivity index is 1.54. The molecule has 1 aliphatic heterocycles. The Morgan fingerprint density at radius 2 is 2.00 bits per heavy atom. The Bertz CT molecular complexity index is 1170. The normalized spacial score (nSPS) is 15.0. The summed E-state index contributed by atoms with van der Waals surface area (Å²) in [5, 5.41) is 23.9. The molecule has 4 heterocycles. The first kappa shape index (κ1) is 22.6. The molecule has 1 unspecified atom stereocenters. The van der Waals surface area contributed by atoms with Crippen LogP contribution in [0.3, 0.4) is 0 Å². The Labute approximate surface area is 192 Å².